The molecular weight excluding hydrogens is 451 g/mol. The first-order valence-corrected chi connectivity index (χ1v) is 9.04. The zero-order valence-electron chi connectivity index (χ0n) is 16.0. The minimum Gasteiger partial charge on any atom is -0.444 e. The first kappa shape index (κ1) is 24.0. The predicted octanol–water partition coefficient (Wildman–Crippen LogP) is 3.60. The van der Waals surface area contributed by atoms with E-state index >= 15 is 0 Å². The van der Waals surface area contributed by atoms with Gasteiger partial charge >= 0.3 is 6.09 Å². The Morgan fingerprint density at radius 2 is 2.00 bits per heavy atom. The summed E-state index contributed by atoms with van der Waals surface area (Å²) >= 11 is 1.77. The van der Waals surface area contributed by atoms with Crippen LogP contribution < -0.4 is 10.6 Å². The molecule has 1 aromatic rings. The lowest BCUT2D eigenvalue weighted by molar-refractivity contribution is 0.0264. The number of hydrogen-bond acceptors (Lipinski definition) is 4. The van der Waals surface area contributed by atoms with Crippen LogP contribution in [0.1, 0.15) is 37.4 Å². The van der Waals surface area contributed by atoms with Gasteiger partial charge in [-0.15, -0.1) is 35.3 Å². The van der Waals surface area contributed by atoms with Gasteiger partial charge in [-0.1, -0.05) is 0 Å². The first-order valence-electron chi connectivity index (χ1n) is 8.23. The number of nitrogens with zero attached hydrogens (tertiary/aromatic N) is 2. The molecule has 144 valence electrons. The summed E-state index contributed by atoms with van der Waals surface area (Å²) in [4.78, 5) is 20.5. The third kappa shape index (κ3) is 9.88. The summed E-state index contributed by atoms with van der Waals surface area (Å²) in [5, 5.41) is 6.50. The molecule has 2 N–H and O–H groups in total. The summed E-state index contributed by atoms with van der Waals surface area (Å²) in [7, 11) is 1.74. The van der Waals surface area contributed by atoms with Gasteiger partial charge in [-0.25, -0.2) is 4.79 Å². The van der Waals surface area contributed by atoms with Crippen molar-refractivity contribution in [1.29, 1.82) is 0 Å². The summed E-state index contributed by atoms with van der Waals surface area (Å²) in [6.07, 6.45) is -0.288. The van der Waals surface area contributed by atoms with E-state index in [1.807, 2.05) is 27.7 Å². The molecule has 0 atom stereocenters. The van der Waals surface area contributed by atoms with E-state index in [2.05, 4.69) is 34.7 Å². The highest BCUT2D eigenvalue weighted by atomic mass is 127. The molecule has 0 bridgehead atoms. The fourth-order valence-electron chi connectivity index (χ4n) is 1.99. The van der Waals surface area contributed by atoms with Crippen LogP contribution in [-0.2, 0) is 11.3 Å². The van der Waals surface area contributed by atoms with Crippen molar-refractivity contribution < 1.29 is 9.53 Å². The number of amides is 1. The van der Waals surface area contributed by atoms with Crippen molar-refractivity contribution >= 4 is 47.4 Å². The largest absolute Gasteiger partial charge is 0.444 e. The number of carbonyl (C=O) groups excluding carboxylic acids is 1. The standard InChI is InChI=1S/C17H30N4O2S.HI/c1-7-21(16(22)23-17(3,4)5)11-10-19-15(18-6)20-12-14-9-8-13(2)24-14;/h8-9H,7,10-12H2,1-6H3,(H2,18,19,20);1H. The van der Waals surface area contributed by atoms with E-state index in [4.69, 9.17) is 4.74 Å². The molecule has 0 saturated carbocycles. The number of nitrogens with one attached hydrogen (secondary N) is 2. The zero-order valence-corrected chi connectivity index (χ0v) is 19.2. The number of rotatable bonds is 6. The minimum absolute atomic E-state index is 0. The van der Waals surface area contributed by atoms with Crippen molar-refractivity contribution in [2.75, 3.05) is 26.7 Å². The number of aryl methyl sites for hydroxylation is 1. The number of halogens is 1. The smallest absolute Gasteiger partial charge is 0.410 e. The number of thiophene rings is 1. The van der Waals surface area contributed by atoms with Crippen molar-refractivity contribution in [2.45, 2.75) is 46.8 Å². The third-order valence-electron chi connectivity index (χ3n) is 3.16. The number of guanidine groups is 1. The zero-order chi connectivity index (χ0) is 18.2. The maximum atomic E-state index is 12.1. The summed E-state index contributed by atoms with van der Waals surface area (Å²) in [5.74, 6) is 0.723. The highest BCUT2D eigenvalue weighted by Crippen LogP contribution is 2.14. The lowest BCUT2D eigenvalue weighted by atomic mass is 10.2. The predicted molar refractivity (Wildman–Crippen MR) is 116 cm³/mol. The maximum absolute atomic E-state index is 12.1. The minimum atomic E-state index is -0.478. The van der Waals surface area contributed by atoms with Crippen molar-refractivity contribution in [3.63, 3.8) is 0 Å². The second-order valence-electron chi connectivity index (χ2n) is 6.42. The van der Waals surface area contributed by atoms with E-state index in [0.29, 0.717) is 19.6 Å². The molecule has 0 aromatic carbocycles. The van der Waals surface area contributed by atoms with E-state index in [0.717, 1.165) is 12.5 Å². The van der Waals surface area contributed by atoms with Crippen LogP contribution in [0.4, 0.5) is 4.79 Å². The number of hydrogen-bond donors (Lipinski definition) is 2. The van der Waals surface area contributed by atoms with Crippen LogP contribution in [0, 0.1) is 6.92 Å². The quantitative estimate of drug-likeness (QED) is 0.370. The molecule has 8 heteroatoms. The summed E-state index contributed by atoms with van der Waals surface area (Å²) in [6, 6.07) is 4.22. The van der Waals surface area contributed by atoms with Gasteiger partial charge in [0.2, 0.25) is 0 Å². The number of likely N-dealkylation sites (N-methyl/N-ethyl adjacent to an activating group) is 1. The van der Waals surface area contributed by atoms with Gasteiger partial charge in [0.1, 0.15) is 5.60 Å². The van der Waals surface area contributed by atoms with Crippen LogP contribution in [0.3, 0.4) is 0 Å². The van der Waals surface area contributed by atoms with E-state index in [1.54, 1.807) is 23.3 Å². The SMILES string of the molecule is CCN(CCNC(=NC)NCc1ccc(C)s1)C(=O)OC(C)(C)C.I. The third-order valence-corrected chi connectivity index (χ3v) is 4.16. The highest BCUT2D eigenvalue weighted by molar-refractivity contribution is 14.0. The van der Waals surface area contributed by atoms with Gasteiger partial charge in [0.25, 0.3) is 0 Å². The number of carbonyl (C=O) groups is 1. The molecule has 0 aliphatic rings. The van der Waals surface area contributed by atoms with Crippen LogP contribution in [0.5, 0.6) is 0 Å². The molecule has 0 aliphatic heterocycles. The molecule has 1 rings (SSSR count). The Balaban J connectivity index is 0.00000576. The molecular formula is C17H31IN4O2S. The van der Waals surface area contributed by atoms with Gasteiger partial charge in [0.15, 0.2) is 5.96 Å². The molecule has 1 aromatic heterocycles. The van der Waals surface area contributed by atoms with E-state index in [9.17, 15) is 4.79 Å². The lowest BCUT2D eigenvalue weighted by Crippen LogP contribution is -2.44. The summed E-state index contributed by atoms with van der Waals surface area (Å²) in [5.41, 5.74) is -0.478. The lowest BCUT2D eigenvalue weighted by Gasteiger charge is -2.26. The number of ether oxygens (including phenoxy) is 1. The molecule has 0 saturated heterocycles. The molecule has 1 amide bonds. The monoisotopic (exact) mass is 482 g/mol. The Bertz CT molecular complexity index is 555. The van der Waals surface area contributed by atoms with E-state index in [1.165, 1.54) is 9.75 Å². The Morgan fingerprint density at radius 3 is 2.48 bits per heavy atom. The van der Waals surface area contributed by atoms with Crippen LogP contribution in [-0.4, -0.2) is 49.2 Å². The topological polar surface area (TPSA) is 66.0 Å². The van der Waals surface area contributed by atoms with Crippen molar-refractivity contribution in [1.82, 2.24) is 15.5 Å². The Labute approximate surface area is 172 Å². The van der Waals surface area contributed by atoms with Gasteiger partial charge in [0, 0.05) is 36.4 Å². The average Bonchev–Trinajstić information content (AvgIpc) is 2.90. The van der Waals surface area contributed by atoms with Crippen LogP contribution >= 0.6 is 35.3 Å². The van der Waals surface area contributed by atoms with Crippen molar-refractivity contribution in [3.8, 4) is 0 Å². The highest BCUT2D eigenvalue weighted by Gasteiger charge is 2.20. The van der Waals surface area contributed by atoms with Crippen molar-refractivity contribution in [2.24, 2.45) is 4.99 Å². The van der Waals surface area contributed by atoms with E-state index < -0.39 is 5.60 Å². The first-order chi connectivity index (χ1) is 11.2. The maximum Gasteiger partial charge on any atom is 0.410 e. The molecule has 0 spiro atoms. The molecule has 1 heterocycles. The molecule has 0 unspecified atom stereocenters. The van der Waals surface area contributed by atoms with Gasteiger partial charge in [-0.3, -0.25) is 4.99 Å². The van der Waals surface area contributed by atoms with Gasteiger partial charge in [-0.05, 0) is 46.8 Å². The van der Waals surface area contributed by atoms with Gasteiger partial charge < -0.3 is 20.3 Å². The Kier molecular flexibility index (Phi) is 11.1. The van der Waals surface area contributed by atoms with Crippen LogP contribution in [0.2, 0.25) is 0 Å². The molecule has 0 radical (unpaired) electrons. The van der Waals surface area contributed by atoms with Crippen LogP contribution in [0.25, 0.3) is 0 Å². The molecule has 25 heavy (non-hydrogen) atoms. The normalized spacial score (nSPS) is 11.5. The molecule has 0 aliphatic carbocycles. The van der Waals surface area contributed by atoms with E-state index in [-0.39, 0.29) is 30.1 Å². The molecule has 6 nitrogen and oxygen atoms in total. The van der Waals surface area contributed by atoms with Gasteiger partial charge in [-0.2, -0.15) is 0 Å². The van der Waals surface area contributed by atoms with Crippen molar-refractivity contribution in [3.05, 3.63) is 21.9 Å². The summed E-state index contributed by atoms with van der Waals surface area (Å²) in [6.45, 7) is 12.2. The second-order valence-corrected chi connectivity index (χ2v) is 7.80. The second kappa shape index (κ2) is 11.6. The average molecular weight is 482 g/mol. The fraction of sp³-hybridized carbons (Fsp3) is 0.647. The Hall–Kier alpha value is -1.03. The van der Waals surface area contributed by atoms with Gasteiger partial charge in [0.05, 0.1) is 6.54 Å². The number of aliphatic imine (C=N–C) groups is 1. The fourth-order valence-corrected chi connectivity index (χ4v) is 2.82. The van der Waals surface area contributed by atoms with Crippen LogP contribution in [0.15, 0.2) is 17.1 Å². The Morgan fingerprint density at radius 1 is 1.32 bits per heavy atom. The molecule has 0 fully saturated rings. The summed E-state index contributed by atoms with van der Waals surface area (Å²) < 4.78 is 5.40.